The highest BCUT2D eigenvalue weighted by Crippen LogP contribution is 2.21. The summed E-state index contributed by atoms with van der Waals surface area (Å²) >= 11 is 0. The van der Waals surface area contributed by atoms with Gasteiger partial charge in [-0.2, -0.15) is 0 Å². The van der Waals surface area contributed by atoms with Crippen LogP contribution in [0.2, 0.25) is 0 Å². The maximum atomic E-state index is 4.60. The third-order valence-corrected chi connectivity index (χ3v) is 4.12. The number of likely N-dealkylation sites (N-methyl/N-ethyl adjacent to an activating group) is 1. The molecule has 20 heavy (non-hydrogen) atoms. The van der Waals surface area contributed by atoms with Crippen LogP contribution in [0.3, 0.4) is 0 Å². The Bertz CT molecular complexity index is 421. The van der Waals surface area contributed by atoms with E-state index in [4.69, 9.17) is 0 Å². The molecule has 0 bridgehead atoms. The van der Waals surface area contributed by atoms with Crippen LogP contribution in [-0.4, -0.2) is 49.2 Å². The van der Waals surface area contributed by atoms with Crippen LogP contribution in [0.4, 0.5) is 5.82 Å². The predicted octanol–water partition coefficient (Wildman–Crippen LogP) is 2.28. The molecule has 2 rings (SSSR count). The first-order chi connectivity index (χ1) is 9.61. The molecule has 1 N–H and O–H groups in total. The Morgan fingerprint density at radius 2 is 2.25 bits per heavy atom. The van der Waals surface area contributed by atoms with Gasteiger partial charge in [-0.3, -0.25) is 0 Å². The van der Waals surface area contributed by atoms with Crippen LogP contribution in [0.5, 0.6) is 0 Å². The van der Waals surface area contributed by atoms with E-state index in [0.29, 0.717) is 12.1 Å². The highest BCUT2D eigenvalue weighted by molar-refractivity contribution is 5.43. The zero-order valence-electron chi connectivity index (χ0n) is 13.3. The van der Waals surface area contributed by atoms with Crippen molar-refractivity contribution in [2.45, 2.75) is 39.3 Å². The van der Waals surface area contributed by atoms with Crippen LogP contribution in [0, 0.1) is 0 Å². The summed E-state index contributed by atoms with van der Waals surface area (Å²) in [5, 5.41) is 3.47. The lowest BCUT2D eigenvalue weighted by Gasteiger charge is -2.29. The van der Waals surface area contributed by atoms with E-state index < -0.39 is 0 Å². The number of pyridine rings is 1. The quantitative estimate of drug-likeness (QED) is 0.914. The molecule has 0 saturated carbocycles. The van der Waals surface area contributed by atoms with Crippen molar-refractivity contribution in [2.75, 3.05) is 38.1 Å². The van der Waals surface area contributed by atoms with Crippen LogP contribution in [0.25, 0.3) is 0 Å². The largest absolute Gasteiger partial charge is 0.353 e. The molecule has 4 heteroatoms. The van der Waals surface area contributed by atoms with Gasteiger partial charge in [0.15, 0.2) is 0 Å². The fourth-order valence-electron chi connectivity index (χ4n) is 3.00. The Labute approximate surface area is 123 Å². The van der Waals surface area contributed by atoms with Crippen LogP contribution >= 0.6 is 0 Å². The number of hydrogen-bond donors (Lipinski definition) is 1. The van der Waals surface area contributed by atoms with Gasteiger partial charge >= 0.3 is 0 Å². The number of nitrogens with zero attached hydrogens (tertiary/aromatic N) is 3. The fourth-order valence-corrected chi connectivity index (χ4v) is 3.00. The SMILES string of the molecule is CCNC(C)c1ccnc(N2CCCN(C)CC2C)c1. The van der Waals surface area contributed by atoms with Crippen molar-refractivity contribution < 1.29 is 0 Å². The number of anilines is 1. The second-order valence-corrected chi connectivity index (χ2v) is 5.88. The van der Waals surface area contributed by atoms with E-state index in [1.54, 1.807) is 0 Å². The summed E-state index contributed by atoms with van der Waals surface area (Å²) in [7, 11) is 2.21. The van der Waals surface area contributed by atoms with Gasteiger partial charge in [-0.05, 0) is 58.1 Å². The van der Waals surface area contributed by atoms with Crippen molar-refractivity contribution in [3.63, 3.8) is 0 Å². The molecule has 0 radical (unpaired) electrons. The van der Waals surface area contributed by atoms with Crippen molar-refractivity contribution >= 4 is 5.82 Å². The molecular weight excluding hydrogens is 248 g/mol. The normalized spacial score (nSPS) is 22.6. The molecule has 2 atom stereocenters. The van der Waals surface area contributed by atoms with Gasteiger partial charge in [-0.15, -0.1) is 0 Å². The molecule has 2 heterocycles. The van der Waals surface area contributed by atoms with Gasteiger partial charge in [0.1, 0.15) is 5.82 Å². The zero-order valence-corrected chi connectivity index (χ0v) is 13.3. The van der Waals surface area contributed by atoms with E-state index in [1.165, 1.54) is 18.5 Å². The highest BCUT2D eigenvalue weighted by Gasteiger charge is 2.21. The van der Waals surface area contributed by atoms with E-state index in [0.717, 1.165) is 25.5 Å². The maximum absolute atomic E-state index is 4.60. The summed E-state index contributed by atoms with van der Waals surface area (Å²) in [5.74, 6) is 1.12. The summed E-state index contributed by atoms with van der Waals surface area (Å²) in [6, 6.07) is 5.26. The van der Waals surface area contributed by atoms with Gasteiger partial charge in [0.25, 0.3) is 0 Å². The van der Waals surface area contributed by atoms with Crippen molar-refractivity contribution in [1.82, 2.24) is 15.2 Å². The Morgan fingerprint density at radius 1 is 1.45 bits per heavy atom. The molecule has 1 aromatic rings. The van der Waals surface area contributed by atoms with E-state index in [-0.39, 0.29) is 0 Å². The van der Waals surface area contributed by atoms with E-state index in [9.17, 15) is 0 Å². The molecule has 1 aliphatic heterocycles. The molecular formula is C16H28N4. The lowest BCUT2D eigenvalue weighted by molar-refractivity contribution is 0.337. The van der Waals surface area contributed by atoms with Gasteiger partial charge in [-0.25, -0.2) is 4.98 Å². The second kappa shape index (κ2) is 7.04. The van der Waals surface area contributed by atoms with Crippen molar-refractivity contribution in [1.29, 1.82) is 0 Å². The minimum absolute atomic E-state index is 0.381. The topological polar surface area (TPSA) is 31.4 Å². The molecule has 1 fully saturated rings. The third kappa shape index (κ3) is 3.70. The number of hydrogen-bond acceptors (Lipinski definition) is 4. The van der Waals surface area contributed by atoms with Crippen LogP contribution < -0.4 is 10.2 Å². The number of aromatic nitrogens is 1. The minimum atomic E-state index is 0.381. The average molecular weight is 276 g/mol. The lowest BCUT2D eigenvalue weighted by atomic mass is 10.1. The van der Waals surface area contributed by atoms with E-state index in [1.807, 2.05) is 6.20 Å². The summed E-state index contributed by atoms with van der Waals surface area (Å²) in [5.41, 5.74) is 1.32. The lowest BCUT2D eigenvalue weighted by Crippen LogP contribution is -2.38. The Morgan fingerprint density at radius 3 is 3.00 bits per heavy atom. The van der Waals surface area contributed by atoms with Gasteiger partial charge < -0.3 is 15.1 Å². The number of nitrogens with one attached hydrogen (secondary N) is 1. The van der Waals surface area contributed by atoms with E-state index in [2.05, 4.69) is 60.1 Å². The second-order valence-electron chi connectivity index (χ2n) is 5.88. The molecule has 4 nitrogen and oxygen atoms in total. The molecule has 2 unspecified atom stereocenters. The minimum Gasteiger partial charge on any atom is -0.353 e. The molecule has 0 aliphatic carbocycles. The van der Waals surface area contributed by atoms with E-state index >= 15 is 0 Å². The van der Waals surface area contributed by atoms with Gasteiger partial charge in [-0.1, -0.05) is 6.92 Å². The molecule has 0 aromatic carbocycles. The Hall–Kier alpha value is -1.13. The maximum Gasteiger partial charge on any atom is 0.129 e. The highest BCUT2D eigenvalue weighted by atomic mass is 15.3. The molecule has 0 spiro atoms. The monoisotopic (exact) mass is 276 g/mol. The molecule has 1 saturated heterocycles. The average Bonchev–Trinajstić information content (AvgIpc) is 2.60. The van der Waals surface area contributed by atoms with Crippen LogP contribution in [-0.2, 0) is 0 Å². The molecule has 1 aromatic heterocycles. The molecule has 0 amide bonds. The third-order valence-electron chi connectivity index (χ3n) is 4.12. The summed E-state index contributed by atoms with van der Waals surface area (Å²) in [6.45, 7) is 11.0. The summed E-state index contributed by atoms with van der Waals surface area (Å²) < 4.78 is 0. The van der Waals surface area contributed by atoms with Gasteiger partial charge in [0.05, 0.1) is 0 Å². The fraction of sp³-hybridized carbons (Fsp3) is 0.688. The van der Waals surface area contributed by atoms with Gasteiger partial charge in [0.2, 0.25) is 0 Å². The Balaban J connectivity index is 2.17. The Kier molecular flexibility index (Phi) is 5.38. The van der Waals surface area contributed by atoms with Crippen molar-refractivity contribution in [3.8, 4) is 0 Å². The standard InChI is InChI=1S/C16H28N4/c1-5-17-14(3)15-7-8-18-16(11-15)20-10-6-9-19(4)12-13(20)2/h7-8,11,13-14,17H,5-6,9-10,12H2,1-4H3. The van der Waals surface area contributed by atoms with Crippen LogP contribution in [0.1, 0.15) is 38.8 Å². The first kappa shape index (κ1) is 15.3. The van der Waals surface area contributed by atoms with Crippen molar-refractivity contribution in [3.05, 3.63) is 23.9 Å². The first-order valence-corrected chi connectivity index (χ1v) is 7.76. The zero-order chi connectivity index (χ0) is 14.5. The number of rotatable bonds is 4. The van der Waals surface area contributed by atoms with Crippen LogP contribution in [0.15, 0.2) is 18.3 Å². The molecule has 112 valence electrons. The first-order valence-electron chi connectivity index (χ1n) is 7.76. The summed E-state index contributed by atoms with van der Waals surface area (Å²) in [6.07, 6.45) is 3.15. The molecule has 1 aliphatic rings. The summed E-state index contributed by atoms with van der Waals surface area (Å²) in [4.78, 5) is 9.46. The van der Waals surface area contributed by atoms with Crippen molar-refractivity contribution in [2.24, 2.45) is 0 Å². The smallest absolute Gasteiger partial charge is 0.129 e. The van der Waals surface area contributed by atoms with Gasteiger partial charge in [0, 0.05) is 31.4 Å². The predicted molar refractivity (Wildman–Crippen MR) is 85.3 cm³/mol.